The van der Waals surface area contributed by atoms with Crippen LogP contribution in [0.4, 0.5) is 18.9 Å². The molecule has 0 unspecified atom stereocenters. The average Bonchev–Trinajstić information content (AvgIpc) is 2.34. The Kier molecular flexibility index (Phi) is 5.47. The monoisotopic (exact) mass is 340 g/mol. The highest BCUT2D eigenvalue weighted by Gasteiger charge is 2.35. The summed E-state index contributed by atoms with van der Waals surface area (Å²) in [5, 5.41) is 16.4. The molecule has 0 radical (unpaired) electrons. The summed E-state index contributed by atoms with van der Waals surface area (Å²) < 4.78 is 61.6. The molecule has 5 nitrogen and oxygen atoms in total. The number of aliphatic hydroxyl groups excluding tert-OH is 1. The lowest BCUT2D eigenvalue weighted by Crippen LogP contribution is -2.25. The van der Waals surface area contributed by atoms with Crippen molar-refractivity contribution >= 4 is 15.7 Å². The smallest absolute Gasteiger partial charge is 0.396 e. The maximum absolute atomic E-state index is 13.1. The Labute approximate surface area is 127 Å². The maximum atomic E-state index is 13.1. The Balaban J connectivity index is 3.15. The number of halogens is 3. The average molecular weight is 340 g/mol. The maximum Gasteiger partial charge on any atom is 0.418 e. The Morgan fingerprint density at radius 1 is 1.27 bits per heavy atom. The third-order valence-electron chi connectivity index (χ3n) is 3.17. The van der Waals surface area contributed by atoms with Crippen LogP contribution in [-0.4, -0.2) is 26.7 Å². The predicted octanol–water partition coefficient (Wildman–Crippen LogP) is 2.17. The van der Waals surface area contributed by atoms with Crippen LogP contribution in [0.1, 0.15) is 25.8 Å². The van der Waals surface area contributed by atoms with Gasteiger partial charge in [0.15, 0.2) is 0 Å². The molecule has 0 fully saturated rings. The lowest BCUT2D eigenvalue weighted by atomic mass is 9.89. The number of hydrogen-bond donors (Lipinski definition) is 3. The summed E-state index contributed by atoms with van der Waals surface area (Å²) in [6.07, 6.45) is -4.30. The molecule has 0 amide bonds. The molecule has 0 aromatic heterocycles. The van der Waals surface area contributed by atoms with Crippen molar-refractivity contribution in [3.05, 3.63) is 23.8 Å². The zero-order chi connectivity index (χ0) is 17.2. The molecule has 0 saturated carbocycles. The standard InChI is InChI=1S/C13H19F3N2O3S/c1-12(2,5-6-19)8-18-11-4-3-9(22(17,20)21)7-10(11)13(14,15)16/h3-4,7,18-19H,5-6,8H2,1-2H3,(H2,17,20,21). The van der Waals surface area contributed by atoms with E-state index in [2.05, 4.69) is 5.32 Å². The summed E-state index contributed by atoms with van der Waals surface area (Å²) in [7, 11) is -4.22. The number of aliphatic hydroxyl groups is 1. The van der Waals surface area contributed by atoms with Gasteiger partial charge in [0.2, 0.25) is 10.0 Å². The molecule has 0 aliphatic rings. The van der Waals surface area contributed by atoms with E-state index >= 15 is 0 Å². The Morgan fingerprint density at radius 2 is 1.86 bits per heavy atom. The molecule has 0 spiro atoms. The number of nitrogens with one attached hydrogen (secondary N) is 1. The van der Waals surface area contributed by atoms with Gasteiger partial charge in [0.05, 0.1) is 10.5 Å². The molecule has 0 aliphatic carbocycles. The topological polar surface area (TPSA) is 92.4 Å². The second kappa shape index (κ2) is 6.43. The number of alkyl halides is 3. The molecule has 22 heavy (non-hydrogen) atoms. The van der Waals surface area contributed by atoms with Gasteiger partial charge in [-0.3, -0.25) is 0 Å². The zero-order valence-corrected chi connectivity index (χ0v) is 13.1. The van der Waals surface area contributed by atoms with Crippen molar-refractivity contribution < 1.29 is 26.7 Å². The van der Waals surface area contributed by atoms with E-state index in [4.69, 9.17) is 10.2 Å². The van der Waals surface area contributed by atoms with Crippen LogP contribution in [0.25, 0.3) is 0 Å². The molecule has 126 valence electrons. The van der Waals surface area contributed by atoms with Crippen LogP contribution in [0.15, 0.2) is 23.1 Å². The van der Waals surface area contributed by atoms with Gasteiger partial charge in [-0.1, -0.05) is 13.8 Å². The number of nitrogens with two attached hydrogens (primary N) is 1. The van der Waals surface area contributed by atoms with Crippen LogP contribution in [0.2, 0.25) is 0 Å². The van der Waals surface area contributed by atoms with Gasteiger partial charge in [-0.05, 0) is 30.0 Å². The van der Waals surface area contributed by atoms with E-state index in [9.17, 15) is 21.6 Å². The minimum atomic E-state index is -4.72. The third kappa shape index (κ3) is 5.15. The number of sulfonamides is 1. The molecule has 9 heteroatoms. The van der Waals surface area contributed by atoms with Crippen molar-refractivity contribution in [2.75, 3.05) is 18.5 Å². The van der Waals surface area contributed by atoms with Crippen LogP contribution in [0.5, 0.6) is 0 Å². The molecule has 0 saturated heterocycles. The van der Waals surface area contributed by atoms with Crippen molar-refractivity contribution in [3.8, 4) is 0 Å². The molecular formula is C13H19F3N2O3S. The largest absolute Gasteiger partial charge is 0.418 e. The van der Waals surface area contributed by atoms with E-state index in [0.29, 0.717) is 12.5 Å². The summed E-state index contributed by atoms with van der Waals surface area (Å²) in [5.41, 5.74) is -1.75. The number of rotatable bonds is 6. The predicted molar refractivity (Wildman–Crippen MR) is 76.8 cm³/mol. The molecular weight excluding hydrogens is 321 g/mol. The van der Waals surface area contributed by atoms with Gasteiger partial charge in [0, 0.05) is 18.8 Å². The summed E-state index contributed by atoms with van der Waals surface area (Å²) in [5.74, 6) is 0. The van der Waals surface area contributed by atoms with Crippen LogP contribution in [-0.2, 0) is 16.2 Å². The summed E-state index contributed by atoms with van der Waals surface area (Å²) in [6, 6.07) is 2.57. The number of hydrogen-bond acceptors (Lipinski definition) is 4. The molecule has 0 aliphatic heterocycles. The first kappa shape index (κ1) is 18.7. The second-order valence-corrected chi connectivity index (χ2v) is 7.30. The van der Waals surface area contributed by atoms with Crippen LogP contribution in [0.3, 0.4) is 0 Å². The normalized spacial score (nSPS) is 13.2. The fraction of sp³-hybridized carbons (Fsp3) is 0.538. The van der Waals surface area contributed by atoms with E-state index in [0.717, 1.165) is 12.1 Å². The van der Waals surface area contributed by atoms with Gasteiger partial charge in [-0.25, -0.2) is 13.6 Å². The fourth-order valence-electron chi connectivity index (χ4n) is 1.81. The van der Waals surface area contributed by atoms with E-state index in [1.165, 1.54) is 0 Å². The van der Waals surface area contributed by atoms with Crippen molar-refractivity contribution in [1.82, 2.24) is 0 Å². The van der Waals surface area contributed by atoms with Crippen molar-refractivity contribution in [2.45, 2.75) is 31.3 Å². The molecule has 1 aromatic rings. The minimum absolute atomic E-state index is 0.0782. The SMILES string of the molecule is CC(C)(CCO)CNc1ccc(S(N)(=O)=O)cc1C(F)(F)F. The first-order valence-electron chi connectivity index (χ1n) is 6.46. The van der Waals surface area contributed by atoms with Gasteiger partial charge in [0.1, 0.15) is 0 Å². The summed E-state index contributed by atoms with van der Waals surface area (Å²) >= 11 is 0. The van der Waals surface area contributed by atoms with E-state index in [1.807, 2.05) is 0 Å². The minimum Gasteiger partial charge on any atom is -0.396 e. The van der Waals surface area contributed by atoms with E-state index in [1.54, 1.807) is 13.8 Å². The van der Waals surface area contributed by atoms with E-state index < -0.39 is 32.1 Å². The molecule has 4 N–H and O–H groups in total. The van der Waals surface area contributed by atoms with Gasteiger partial charge in [-0.2, -0.15) is 13.2 Å². The molecule has 1 rings (SSSR count). The lowest BCUT2D eigenvalue weighted by molar-refractivity contribution is -0.137. The molecule has 0 heterocycles. The zero-order valence-electron chi connectivity index (χ0n) is 12.2. The Bertz CT molecular complexity index is 628. The van der Waals surface area contributed by atoms with Gasteiger partial charge >= 0.3 is 6.18 Å². The number of anilines is 1. The summed E-state index contributed by atoms with van der Waals surface area (Å²) in [6.45, 7) is 3.70. The van der Waals surface area contributed by atoms with Gasteiger partial charge in [0.25, 0.3) is 0 Å². The Hall–Kier alpha value is -1.32. The first-order valence-corrected chi connectivity index (χ1v) is 8.00. The highest BCUT2D eigenvalue weighted by Crippen LogP contribution is 2.36. The van der Waals surface area contributed by atoms with Crippen molar-refractivity contribution in [1.29, 1.82) is 0 Å². The van der Waals surface area contributed by atoms with E-state index in [-0.39, 0.29) is 18.8 Å². The summed E-state index contributed by atoms with van der Waals surface area (Å²) in [4.78, 5) is -0.597. The highest BCUT2D eigenvalue weighted by atomic mass is 32.2. The number of primary sulfonamides is 1. The first-order chi connectivity index (χ1) is 9.87. The highest BCUT2D eigenvalue weighted by molar-refractivity contribution is 7.89. The quantitative estimate of drug-likeness (QED) is 0.740. The van der Waals surface area contributed by atoms with Crippen molar-refractivity contribution in [3.63, 3.8) is 0 Å². The van der Waals surface area contributed by atoms with Gasteiger partial charge in [-0.15, -0.1) is 0 Å². The lowest BCUT2D eigenvalue weighted by Gasteiger charge is -2.25. The molecule has 1 aromatic carbocycles. The second-order valence-electron chi connectivity index (χ2n) is 5.74. The third-order valence-corrected chi connectivity index (χ3v) is 4.08. The Morgan fingerprint density at radius 3 is 2.32 bits per heavy atom. The van der Waals surface area contributed by atoms with Gasteiger partial charge < -0.3 is 10.4 Å². The van der Waals surface area contributed by atoms with Crippen molar-refractivity contribution in [2.24, 2.45) is 10.6 Å². The van der Waals surface area contributed by atoms with Crippen LogP contribution in [0, 0.1) is 5.41 Å². The fourth-order valence-corrected chi connectivity index (χ4v) is 2.35. The van der Waals surface area contributed by atoms with Crippen LogP contribution >= 0.6 is 0 Å². The number of benzene rings is 1. The molecule has 0 atom stereocenters. The van der Waals surface area contributed by atoms with Crippen LogP contribution < -0.4 is 10.5 Å². The molecule has 0 bridgehead atoms.